The predicted octanol–water partition coefficient (Wildman–Crippen LogP) is 0.624. The van der Waals surface area contributed by atoms with Crippen LogP contribution >= 0.6 is 11.6 Å². The fourth-order valence-electron chi connectivity index (χ4n) is 2.03. The van der Waals surface area contributed by atoms with Gasteiger partial charge in [-0.3, -0.25) is 4.79 Å². The molecule has 1 aliphatic heterocycles. The minimum Gasteiger partial charge on any atom is -0.384 e. The van der Waals surface area contributed by atoms with Gasteiger partial charge in [-0.15, -0.1) is 0 Å². The van der Waals surface area contributed by atoms with Crippen LogP contribution in [0.2, 0.25) is 5.02 Å². The van der Waals surface area contributed by atoms with Crippen molar-refractivity contribution in [2.75, 3.05) is 17.2 Å². The number of nitrogens with one attached hydrogen (secondary N) is 1. The van der Waals surface area contributed by atoms with Gasteiger partial charge >= 0.3 is 0 Å². The second kappa shape index (κ2) is 5.34. The second-order valence-corrected chi connectivity index (χ2v) is 7.15. The number of hydrogen-bond acceptors (Lipinski definition) is 5. The molecule has 2 rings (SSSR count). The first-order valence-electron chi connectivity index (χ1n) is 5.80. The Bertz CT molecular complexity index is 603. The number of nitrogens with zero attached hydrogens (tertiary/aromatic N) is 1. The van der Waals surface area contributed by atoms with Crippen molar-refractivity contribution in [1.82, 2.24) is 10.3 Å². The predicted molar refractivity (Wildman–Crippen MR) is 72.8 cm³/mol. The van der Waals surface area contributed by atoms with Crippen LogP contribution in [0, 0.1) is 0 Å². The number of amides is 1. The van der Waals surface area contributed by atoms with E-state index < -0.39 is 15.7 Å². The van der Waals surface area contributed by atoms with Crippen LogP contribution < -0.4 is 11.1 Å². The highest BCUT2D eigenvalue weighted by atomic mass is 35.5. The molecule has 0 aromatic carbocycles. The zero-order valence-electron chi connectivity index (χ0n) is 10.1. The van der Waals surface area contributed by atoms with Gasteiger partial charge in [0.25, 0.3) is 5.91 Å². The lowest BCUT2D eigenvalue weighted by atomic mass is 10.1. The minimum atomic E-state index is -3.06. The number of nitrogen functional groups attached to an aromatic ring is 1. The standard InChI is InChI=1S/C11H14ClN3O3S/c12-9-5-14-10(13)4-8(9)11(16)15-7-2-1-3-19(17,18)6-7/h4-5,7H,1-3,6H2,(H2,13,14)(H,15,16). The lowest BCUT2D eigenvalue weighted by Crippen LogP contribution is -2.43. The summed E-state index contributed by atoms with van der Waals surface area (Å²) in [5.74, 6) is -0.0915. The van der Waals surface area contributed by atoms with E-state index in [1.54, 1.807) is 0 Å². The third kappa shape index (κ3) is 3.57. The molecular formula is C11H14ClN3O3S. The molecule has 1 amide bonds. The van der Waals surface area contributed by atoms with Gasteiger partial charge in [0.1, 0.15) is 5.82 Å². The highest BCUT2D eigenvalue weighted by molar-refractivity contribution is 7.91. The molecule has 1 aromatic heterocycles. The van der Waals surface area contributed by atoms with Gasteiger partial charge in [-0.05, 0) is 18.9 Å². The third-order valence-corrected chi connectivity index (χ3v) is 5.04. The summed E-state index contributed by atoms with van der Waals surface area (Å²) in [6.45, 7) is 0. The Morgan fingerprint density at radius 3 is 2.95 bits per heavy atom. The van der Waals surface area contributed by atoms with Crippen molar-refractivity contribution in [2.45, 2.75) is 18.9 Å². The smallest absolute Gasteiger partial charge is 0.253 e. The third-order valence-electron chi connectivity index (χ3n) is 2.92. The van der Waals surface area contributed by atoms with Gasteiger partial charge in [-0.25, -0.2) is 13.4 Å². The summed E-state index contributed by atoms with van der Waals surface area (Å²) in [5.41, 5.74) is 5.70. The highest BCUT2D eigenvalue weighted by Crippen LogP contribution is 2.18. The van der Waals surface area contributed by atoms with Gasteiger partial charge in [0.15, 0.2) is 9.84 Å². The molecular weight excluding hydrogens is 290 g/mol. The van der Waals surface area contributed by atoms with E-state index in [-0.39, 0.29) is 34.0 Å². The number of hydrogen-bond donors (Lipinski definition) is 2. The van der Waals surface area contributed by atoms with Crippen LogP contribution in [0.15, 0.2) is 12.3 Å². The molecule has 1 saturated heterocycles. The molecule has 2 heterocycles. The number of rotatable bonds is 2. The molecule has 1 atom stereocenters. The lowest BCUT2D eigenvalue weighted by Gasteiger charge is -2.23. The Labute approximate surface area is 116 Å². The summed E-state index contributed by atoms with van der Waals surface area (Å²) in [5, 5.41) is 2.86. The van der Waals surface area contributed by atoms with Crippen molar-refractivity contribution >= 4 is 33.2 Å². The van der Waals surface area contributed by atoms with Crippen LogP contribution in [0.5, 0.6) is 0 Å². The van der Waals surface area contributed by atoms with Crippen molar-refractivity contribution in [3.05, 3.63) is 22.8 Å². The van der Waals surface area contributed by atoms with E-state index in [1.165, 1.54) is 12.3 Å². The fourth-order valence-corrected chi connectivity index (χ4v) is 3.85. The Morgan fingerprint density at radius 2 is 2.26 bits per heavy atom. The summed E-state index contributed by atoms with van der Waals surface area (Å²) in [7, 11) is -3.06. The Kier molecular flexibility index (Phi) is 3.96. The Balaban J connectivity index is 2.11. The van der Waals surface area contributed by atoms with E-state index in [9.17, 15) is 13.2 Å². The molecule has 1 fully saturated rings. The molecule has 3 N–H and O–H groups in total. The van der Waals surface area contributed by atoms with Gasteiger partial charge in [0.05, 0.1) is 22.1 Å². The number of anilines is 1. The molecule has 0 saturated carbocycles. The number of aromatic nitrogens is 1. The fraction of sp³-hybridized carbons (Fsp3) is 0.455. The van der Waals surface area contributed by atoms with E-state index >= 15 is 0 Å². The van der Waals surface area contributed by atoms with Crippen LogP contribution in [0.1, 0.15) is 23.2 Å². The van der Waals surface area contributed by atoms with Crippen LogP contribution in [0.4, 0.5) is 5.82 Å². The van der Waals surface area contributed by atoms with Crippen molar-refractivity contribution in [3.8, 4) is 0 Å². The van der Waals surface area contributed by atoms with Crippen molar-refractivity contribution in [2.24, 2.45) is 0 Å². The summed E-state index contributed by atoms with van der Waals surface area (Å²) in [6, 6.07) is 0.992. The second-order valence-electron chi connectivity index (χ2n) is 4.52. The van der Waals surface area contributed by atoms with E-state index in [2.05, 4.69) is 10.3 Å². The van der Waals surface area contributed by atoms with Crippen molar-refractivity contribution < 1.29 is 13.2 Å². The van der Waals surface area contributed by atoms with E-state index in [1.807, 2.05) is 0 Å². The topological polar surface area (TPSA) is 102 Å². The Hall–Kier alpha value is -1.34. The summed E-state index contributed by atoms with van der Waals surface area (Å²) in [6.07, 6.45) is 2.49. The largest absolute Gasteiger partial charge is 0.384 e. The first kappa shape index (κ1) is 14.1. The van der Waals surface area contributed by atoms with Gasteiger partial charge in [0, 0.05) is 12.2 Å². The van der Waals surface area contributed by atoms with Crippen LogP contribution in [-0.2, 0) is 9.84 Å². The number of carbonyl (C=O) groups is 1. The van der Waals surface area contributed by atoms with Gasteiger partial charge in [-0.2, -0.15) is 0 Å². The molecule has 6 nitrogen and oxygen atoms in total. The maximum atomic E-state index is 12.0. The molecule has 1 aromatic rings. The molecule has 1 unspecified atom stereocenters. The Morgan fingerprint density at radius 1 is 1.53 bits per heavy atom. The average Bonchev–Trinajstić information content (AvgIpc) is 2.31. The summed E-state index contributed by atoms with van der Waals surface area (Å²) in [4.78, 5) is 15.8. The maximum Gasteiger partial charge on any atom is 0.253 e. The first-order chi connectivity index (χ1) is 8.87. The molecule has 1 aliphatic rings. The average molecular weight is 304 g/mol. The molecule has 104 valence electrons. The van der Waals surface area contributed by atoms with Crippen molar-refractivity contribution in [1.29, 1.82) is 0 Å². The highest BCUT2D eigenvalue weighted by Gasteiger charge is 2.26. The number of halogens is 1. The van der Waals surface area contributed by atoms with Crippen molar-refractivity contribution in [3.63, 3.8) is 0 Å². The SMILES string of the molecule is Nc1cc(C(=O)NC2CCCS(=O)(=O)C2)c(Cl)cn1. The number of carbonyl (C=O) groups excluding carboxylic acids is 1. The molecule has 0 bridgehead atoms. The first-order valence-corrected chi connectivity index (χ1v) is 7.99. The van der Waals surface area contributed by atoms with E-state index in [4.69, 9.17) is 17.3 Å². The van der Waals surface area contributed by atoms with Crippen LogP contribution in [0.25, 0.3) is 0 Å². The number of sulfone groups is 1. The van der Waals surface area contributed by atoms with Crippen LogP contribution in [0.3, 0.4) is 0 Å². The molecule has 0 aliphatic carbocycles. The zero-order chi connectivity index (χ0) is 14.0. The number of pyridine rings is 1. The molecule has 19 heavy (non-hydrogen) atoms. The van der Waals surface area contributed by atoms with Gasteiger partial charge in [-0.1, -0.05) is 11.6 Å². The number of nitrogens with two attached hydrogens (primary N) is 1. The molecule has 0 spiro atoms. The normalized spacial score (nSPS) is 21.8. The summed E-state index contributed by atoms with van der Waals surface area (Å²) >= 11 is 5.87. The zero-order valence-corrected chi connectivity index (χ0v) is 11.7. The van der Waals surface area contributed by atoms with E-state index in [0.717, 1.165) is 0 Å². The lowest BCUT2D eigenvalue weighted by molar-refractivity contribution is 0.0938. The van der Waals surface area contributed by atoms with Gasteiger partial charge < -0.3 is 11.1 Å². The van der Waals surface area contributed by atoms with Crippen LogP contribution in [-0.4, -0.2) is 36.9 Å². The van der Waals surface area contributed by atoms with Gasteiger partial charge in [0.2, 0.25) is 0 Å². The molecule has 0 radical (unpaired) electrons. The maximum absolute atomic E-state index is 12.0. The summed E-state index contributed by atoms with van der Waals surface area (Å²) < 4.78 is 23.0. The van der Waals surface area contributed by atoms with E-state index in [0.29, 0.717) is 12.8 Å². The molecule has 8 heteroatoms. The monoisotopic (exact) mass is 303 g/mol. The quantitative estimate of drug-likeness (QED) is 0.834. The minimum absolute atomic E-state index is 0.0308.